The Bertz CT molecular complexity index is 505. The Hall–Kier alpha value is -2.15. The molecular weight excluding hydrogens is 274 g/mol. The monoisotopic (exact) mass is 295 g/mol. The summed E-state index contributed by atoms with van der Waals surface area (Å²) in [4.78, 5) is 23.0. The van der Waals surface area contributed by atoms with Crippen LogP contribution in [0.2, 0.25) is 0 Å². The van der Waals surface area contributed by atoms with Crippen LogP contribution in [0.4, 0.5) is 11.4 Å². The fraction of sp³-hybridized carbons (Fsp3) is 0.500. The molecule has 1 aromatic carbocycles. The minimum Gasteiger partial charge on any atom is -0.383 e. The van der Waals surface area contributed by atoms with Gasteiger partial charge >= 0.3 is 5.69 Å². The predicted molar refractivity (Wildman–Crippen MR) is 80.7 cm³/mol. The Morgan fingerprint density at radius 3 is 2.67 bits per heavy atom. The maximum atomic E-state index is 12.3. The Morgan fingerprint density at radius 2 is 2.14 bits per heavy atom. The lowest BCUT2D eigenvalue weighted by Crippen LogP contribution is -2.37. The van der Waals surface area contributed by atoms with Gasteiger partial charge in [0.2, 0.25) is 0 Å². The summed E-state index contributed by atoms with van der Waals surface area (Å²) in [6.45, 7) is 4.64. The minimum absolute atomic E-state index is 0.0491. The van der Waals surface area contributed by atoms with Crippen LogP contribution in [-0.4, -0.2) is 37.1 Å². The third kappa shape index (κ3) is 4.42. The summed E-state index contributed by atoms with van der Waals surface area (Å²) in [5, 5.41) is 16.9. The van der Waals surface area contributed by atoms with Gasteiger partial charge in [0.05, 0.1) is 17.6 Å². The van der Waals surface area contributed by atoms with Crippen LogP contribution in [-0.2, 0) is 4.74 Å². The molecule has 1 atom stereocenters. The zero-order valence-electron chi connectivity index (χ0n) is 12.5. The zero-order chi connectivity index (χ0) is 15.8. The van der Waals surface area contributed by atoms with E-state index in [2.05, 4.69) is 10.6 Å². The van der Waals surface area contributed by atoms with E-state index >= 15 is 0 Å². The molecule has 0 fully saturated rings. The van der Waals surface area contributed by atoms with E-state index in [-0.39, 0.29) is 17.3 Å². The van der Waals surface area contributed by atoms with Crippen molar-refractivity contribution in [1.29, 1.82) is 0 Å². The van der Waals surface area contributed by atoms with Gasteiger partial charge in [-0.05, 0) is 25.5 Å². The van der Waals surface area contributed by atoms with Crippen LogP contribution in [0.5, 0.6) is 0 Å². The molecule has 1 rings (SSSR count). The number of nitro groups is 1. The highest BCUT2D eigenvalue weighted by molar-refractivity contribution is 6.00. The van der Waals surface area contributed by atoms with Crippen molar-refractivity contribution in [2.24, 2.45) is 0 Å². The molecule has 1 unspecified atom stereocenters. The zero-order valence-corrected chi connectivity index (χ0v) is 12.5. The van der Waals surface area contributed by atoms with Crippen LogP contribution < -0.4 is 10.6 Å². The highest BCUT2D eigenvalue weighted by atomic mass is 16.6. The van der Waals surface area contributed by atoms with Crippen LogP contribution in [0.1, 0.15) is 30.6 Å². The first-order chi connectivity index (χ1) is 10.0. The first kappa shape index (κ1) is 16.9. The van der Waals surface area contributed by atoms with Crippen LogP contribution in [0.3, 0.4) is 0 Å². The summed E-state index contributed by atoms with van der Waals surface area (Å²) >= 11 is 0. The molecule has 0 aliphatic heterocycles. The molecule has 0 aromatic heterocycles. The van der Waals surface area contributed by atoms with Gasteiger partial charge in [-0.3, -0.25) is 14.9 Å². The lowest BCUT2D eigenvalue weighted by molar-refractivity contribution is -0.384. The number of rotatable bonds is 8. The van der Waals surface area contributed by atoms with E-state index in [4.69, 9.17) is 4.74 Å². The van der Waals surface area contributed by atoms with E-state index < -0.39 is 10.8 Å². The Balaban J connectivity index is 3.08. The summed E-state index contributed by atoms with van der Waals surface area (Å²) in [6, 6.07) is 4.49. The number of hydrogen-bond donors (Lipinski definition) is 2. The van der Waals surface area contributed by atoms with Crippen molar-refractivity contribution in [2.75, 3.05) is 25.6 Å². The Kier molecular flexibility index (Phi) is 6.61. The smallest absolute Gasteiger partial charge is 0.305 e. The SMILES string of the molecule is CCNc1cccc(C(=O)NC(CC)COC)c1[N+](=O)[O-]. The standard InChI is InChI=1S/C14H21N3O4/c1-4-10(9-21-3)16-14(18)11-7-6-8-12(15-5-2)13(11)17(19)20/h6-8,10,15H,4-5,9H2,1-3H3,(H,16,18). The normalized spacial score (nSPS) is 11.8. The van der Waals surface area contributed by atoms with Crippen molar-refractivity contribution in [1.82, 2.24) is 5.32 Å². The molecule has 0 aliphatic carbocycles. The molecule has 7 nitrogen and oxygen atoms in total. The van der Waals surface area contributed by atoms with Gasteiger partial charge in [-0.1, -0.05) is 13.0 Å². The summed E-state index contributed by atoms with van der Waals surface area (Å²) in [6.07, 6.45) is 0.681. The Morgan fingerprint density at radius 1 is 1.43 bits per heavy atom. The molecule has 0 radical (unpaired) electrons. The second-order valence-electron chi connectivity index (χ2n) is 4.52. The maximum Gasteiger partial charge on any atom is 0.305 e. The number of methoxy groups -OCH3 is 1. The number of amides is 1. The van der Waals surface area contributed by atoms with Crippen molar-refractivity contribution >= 4 is 17.3 Å². The number of hydrogen-bond acceptors (Lipinski definition) is 5. The minimum atomic E-state index is -0.538. The maximum absolute atomic E-state index is 12.3. The van der Waals surface area contributed by atoms with Gasteiger partial charge in [0.25, 0.3) is 5.91 Å². The quantitative estimate of drug-likeness (QED) is 0.566. The van der Waals surface area contributed by atoms with Crippen LogP contribution in [0.25, 0.3) is 0 Å². The number of carbonyl (C=O) groups is 1. The topological polar surface area (TPSA) is 93.5 Å². The largest absolute Gasteiger partial charge is 0.383 e. The highest BCUT2D eigenvalue weighted by Gasteiger charge is 2.25. The molecule has 0 heterocycles. The van der Waals surface area contributed by atoms with Gasteiger partial charge in [-0.25, -0.2) is 0 Å². The molecule has 0 saturated heterocycles. The van der Waals surface area contributed by atoms with E-state index in [0.717, 1.165) is 0 Å². The second-order valence-corrected chi connectivity index (χ2v) is 4.52. The van der Waals surface area contributed by atoms with E-state index in [9.17, 15) is 14.9 Å². The average Bonchev–Trinajstić information content (AvgIpc) is 2.46. The third-order valence-electron chi connectivity index (χ3n) is 3.03. The van der Waals surface area contributed by atoms with Gasteiger partial charge in [0.1, 0.15) is 11.3 Å². The number of nitrogens with zero attached hydrogens (tertiary/aromatic N) is 1. The van der Waals surface area contributed by atoms with Gasteiger partial charge in [-0.2, -0.15) is 0 Å². The number of ether oxygens (including phenoxy) is 1. The van der Waals surface area contributed by atoms with Crippen molar-refractivity contribution < 1.29 is 14.5 Å². The number of para-hydroxylation sites is 1. The average molecular weight is 295 g/mol. The van der Waals surface area contributed by atoms with E-state index in [1.54, 1.807) is 19.2 Å². The number of benzene rings is 1. The third-order valence-corrected chi connectivity index (χ3v) is 3.03. The van der Waals surface area contributed by atoms with Gasteiger partial charge in [0.15, 0.2) is 0 Å². The molecule has 1 amide bonds. The fourth-order valence-electron chi connectivity index (χ4n) is 1.98. The molecule has 0 spiro atoms. The van der Waals surface area contributed by atoms with Gasteiger partial charge < -0.3 is 15.4 Å². The van der Waals surface area contributed by atoms with Crippen LogP contribution in [0, 0.1) is 10.1 Å². The van der Waals surface area contributed by atoms with E-state index in [1.165, 1.54) is 6.07 Å². The second kappa shape index (κ2) is 8.21. The van der Waals surface area contributed by atoms with Gasteiger partial charge in [0, 0.05) is 13.7 Å². The molecule has 21 heavy (non-hydrogen) atoms. The Labute approximate surface area is 123 Å². The summed E-state index contributed by atoms with van der Waals surface area (Å²) in [5.74, 6) is -0.467. The summed E-state index contributed by atoms with van der Waals surface area (Å²) in [5.41, 5.74) is 0.187. The predicted octanol–water partition coefficient (Wildman–Crippen LogP) is 2.18. The molecule has 7 heteroatoms. The first-order valence-electron chi connectivity index (χ1n) is 6.86. The molecule has 1 aromatic rings. The van der Waals surface area contributed by atoms with Crippen molar-refractivity contribution in [3.8, 4) is 0 Å². The van der Waals surface area contributed by atoms with Crippen molar-refractivity contribution in [3.05, 3.63) is 33.9 Å². The molecule has 2 N–H and O–H groups in total. The van der Waals surface area contributed by atoms with E-state index in [1.807, 2.05) is 13.8 Å². The fourth-order valence-corrected chi connectivity index (χ4v) is 1.98. The highest BCUT2D eigenvalue weighted by Crippen LogP contribution is 2.28. The van der Waals surface area contributed by atoms with Crippen LogP contribution >= 0.6 is 0 Å². The molecule has 0 saturated carbocycles. The van der Waals surface area contributed by atoms with Crippen molar-refractivity contribution in [2.45, 2.75) is 26.3 Å². The number of anilines is 1. The molecule has 116 valence electrons. The summed E-state index contributed by atoms with van der Waals surface area (Å²) < 4.78 is 5.01. The number of nitro benzene ring substituents is 1. The summed E-state index contributed by atoms with van der Waals surface area (Å²) in [7, 11) is 1.54. The van der Waals surface area contributed by atoms with Crippen molar-refractivity contribution in [3.63, 3.8) is 0 Å². The molecule has 0 bridgehead atoms. The number of nitrogens with one attached hydrogen (secondary N) is 2. The molecular formula is C14H21N3O4. The van der Waals surface area contributed by atoms with E-state index in [0.29, 0.717) is 25.3 Å². The molecule has 0 aliphatic rings. The van der Waals surface area contributed by atoms with Gasteiger partial charge in [-0.15, -0.1) is 0 Å². The lowest BCUT2D eigenvalue weighted by Gasteiger charge is -2.16. The first-order valence-corrected chi connectivity index (χ1v) is 6.86. The van der Waals surface area contributed by atoms with Crippen LogP contribution in [0.15, 0.2) is 18.2 Å². The number of carbonyl (C=O) groups excluding carboxylic acids is 1. The lowest BCUT2D eigenvalue weighted by atomic mass is 10.1.